The van der Waals surface area contributed by atoms with Crippen molar-refractivity contribution >= 4 is 44.8 Å². The third-order valence-electron chi connectivity index (χ3n) is 4.58. The van der Waals surface area contributed by atoms with E-state index in [4.69, 9.17) is 0 Å². The maximum Gasteiger partial charge on any atom is 0.235 e. The second-order valence-corrected chi connectivity index (χ2v) is 8.29. The van der Waals surface area contributed by atoms with Crippen LogP contribution in [0.2, 0.25) is 0 Å². The Morgan fingerprint density at radius 1 is 1.21 bits per heavy atom. The van der Waals surface area contributed by atoms with Crippen molar-refractivity contribution < 1.29 is 9.59 Å². The van der Waals surface area contributed by atoms with Crippen LogP contribution in [0.3, 0.4) is 0 Å². The van der Waals surface area contributed by atoms with Crippen molar-refractivity contribution in [1.82, 2.24) is 9.97 Å². The number of amides is 2. The van der Waals surface area contributed by atoms with Gasteiger partial charge in [0.25, 0.3) is 0 Å². The number of benzene rings is 1. The fraction of sp³-hybridized carbons (Fsp3) is 0.238. The number of hydrogen-bond acceptors (Lipinski definition) is 6. The predicted octanol–water partition coefficient (Wildman–Crippen LogP) is 4.16. The van der Waals surface area contributed by atoms with Crippen molar-refractivity contribution in [3.8, 4) is 11.3 Å². The van der Waals surface area contributed by atoms with Crippen LogP contribution in [0, 0.1) is 0 Å². The van der Waals surface area contributed by atoms with Gasteiger partial charge in [-0.2, -0.15) is 0 Å². The molecule has 0 spiro atoms. The number of hydrogen-bond donors (Lipinski definition) is 0. The molecule has 0 aliphatic carbocycles. The molecule has 0 unspecified atom stereocenters. The maximum atomic E-state index is 13.0. The highest BCUT2D eigenvalue weighted by Crippen LogP contribution is 2.29. The van der Waals surface area contributed by atoms with Gasteiger partial charge < -0.3 is 0 Å². The van der Waals surface area contributed by atoms with Gasteiger partial charge in [0.2, 0.25) is 11.8 Å². The molecule has 0 N–H and O–H groups in total. The van der Waals surface area contributed by atoms with Crippen LogP contribution in [0.25, 0.3) is 11.3 Å². The first-order valence-corrected chi connectivity index (χ1v) is 11.1. The largest absolute Gasteiger partial charge is 0.288 e. The highest BCUT2D eigenvalue weighted by molar-refractivity contribution is 7.14. The minimum Gasteiger partial charge on any atom is -0.288 e. The molecule has 1 fully saturated rings. The highest BCUT2D eigenvalue weighted by Gasteiger charge is 2.25. The molecule has 6 nitrogen and oxygen atoms in total. The van der Waals surface area contributed by atoms with Crippen LogP contribution in [0.4, 0.5) is 10.3 Å². The van der Waals surface area contributed by atoms with Crippen molar-refractivity contribution in [2.75, 3.05) is 22.9 Å². The first-order valence-electron chi connectivity index (χ1n) is 9.32. The van der Waals surface area contributed by atoms with E-state index < -0.39 is 0 Å². The summed E-state index contributed by atoms with van der Waals surface area (Å²) in [5.41, 5.74) is 2.53. The number of nitrogens with zero attached hydrogens (tertiary/aromatic N) is 4. The van der Waals surface area contributed by atoms with Crippen LogP contribution in [0.15, 0.2) is 53.7 Å². The van der Waals surface area contributed by atoms with Gasteiger partial charge in [0, 0.05) is 35.8 Å². The SMILES string of the molecule is C=CCN(C(=O)Cc1csc(N2CCCC2=O)n1)c1nc(-c2ccccc2)cs1. The summed E-state index contributed by atoms with van der Waals surface area (Å²) in [6.07, 6.45) is 3.27. The number of thiazole rings is 2. The second kappa shape index (κ2) is 8.67. The summed E-state index contributed by atoms with van der Waals surface area (Å²) in [4.78, 5) is 37.4. The van der Waals surface area contributed by atoms with E-state index >= 15 is 0 Å². The summed E-state index contributed by atoms with van der Waals surface area (Å²) in [7, 11) is 0. The molecule has 0 saturated carbocycles. The van der Waals surface area contributed by atoms with Crippen molar-refractivity contribution in [2.45, 2.75) is 19.3 Å². The lowest BCUT2D eigenvalue weighted by atomic mass is 10.2. The smallest absolute Gasteiger partial charge is 0.235 e. The van der Waals surface area contributed by atoms with E-state index in [1.165, 1.54) is 22.7 Å². The van der Waals surface area contributed by atoms with Crippen LogP contribution < -0.4 is 9.80 Å². The van der Waals surface area contributed by atoms with Gasteiger partial charge in [-0.15, -0.1) is 29.3 Å². The van der Waals surface area contributed by atoms with E-state index in [-0.39, 0.29) is 18.2 Å². The number of carbonyl (C=O) groups is 2. The van der Waals surface area contributed by atoms with Crippen LogP contribution in [-0.4, -0.2) is 34.9 Å². The number of anilines is 2. The molecule has 3 heterocycles. The normalized spacial score (nSPS) is 13.7. The topological polar surface area (TPSA) is 66.4 Å². The lowest BCUT2D eigenvalue weighted by Crippen LogP contribution is -2.32. The lowest BCUT2D eigenvalue weighted by molar-refractivity contribution is -0.118. The zero-order valence-corrected chi connectivity index (χ0v) is 17.4. The Balaban J connectivity index is 1.50. The molecule has 2 amide bonds. The molecule has 0 atom stereocenters. The summed E-state index contributed by atoms with van der Waals surface area (Å²) in [6.45, 7) is 4.85. The molecular weight excluding hydrogens is 404 g/mol. The van der Waals surface area contributed by atoms with E-state index in [0.717, 1.165) is 17.7 Å². The molecule has 8 heteroatoms. The first-order chi connectivity index (χ1) is 14.2. The summed E-state index contributed by atoms with van der Waals surface area (Å²) >= 11 is 2.84. The van der Waals surface area contributed by atoms with Crippen LogP contribution in [0.5, 0.6) is 0 Å². The third-order valence-corrected chi connectivity index (χ3v) is 6.36. The average molecular weight is 425 g/mol. The van der Waals surface area contributed by atoms with Crippen LogP contribution in [0.1, 0.15) is 18.5 Å². The Morgan fingerprint density at radius 3 is 2.76 bits per heavy atom. The number of carbonyl (C=O) groups excluding carboxylic acids is 2. The maximum absolute atomic E-state index is 13.0. The summed E-state index contributed by atoms with van der Waals surface area (Å²) < 4.78 is 0. The van der Waals surface area contributed by atoms with Gasteiger partial charge >= 0.3 is 0 Å². The Labute approximate surface area is 177 Å². The minimum absolute atomic E-state index is 0.0940. The van der Waals surface area contributed by atoms with Gasteiger partial charge in [-0.1, -0.05) is 36.4 Å². The van der Waals surface area contributed by atoms with E-state index in [1.54, 1.807) is 15.9 Å². The standard InChI is InChI=1S/C21H20N4O2S2/c1-2-10-24(21-23-17(14-29-21)15-7-4-3-5-8-15)19(27)12-16-13-28-20(22-16)25-11-6-9-18(25)26/h2-5,7-8,13-14H,1,6,9-12H2. The van der Waals surface area contributed by atoms with Gasteiger partial charge in [0.15, 0.2) is 10.3 Å². The van der Waals surface area contributed by atoms with Gasteiger partial charge in [-0.3, -0.25) is 19.4 Å². The van der Waals surface area contributed by atoms with E-state index in [9.17, 15) is 9.59 Å². The van der Waals surface area contributed by atoms with E-state index in [0.29, 0.717) is 35.5 Å². The monoisotopic (exact) mass is 424 g/mol. The van der Waals surface area contributed by atoms with E-state index in [2.05, 4.69) is 16.5 Å². The number of rotatable bonds is 7. The third kappa shape index (κ3) is 4.28. The Kier molecular flexibility index (Phi) is 5.82. The van der Waals surface area contributed by atoms with Crippen molar-refractivity contribution in [3.05, 3.63) is 59.4 Å². The van der Waals surface area contributed by atoms with Crippen LogP contribution >= 0.6 is 22.7 Å². The molecule has 0 radical (unpaired) electrons. The molecule has 4 rings (SSSR count). The molecule has 2 aromatic heterocycles. The molecule has 0 bridgehead atoms. The Hall–Kier alpha value is -2.84. The zero-order chi connectivity index (χ0) is 20.2. The second-order valence-electron chi connectivity index (χ2n) is 6.62. The molecule has 29 heavy (non-hydrogen) atoms. The molecule has 1 aromatic carbocycles. The molecular formula is C21H20N4O2S2. The molecule has 1 aliphatic rings. The molecule has 3 aromatic rings. The molecule has 148 valence electrons. The predicted molar refractivity (Wildman–Crippen MR) is 118 cm³/mol. The molecule has 1 saturated heterocycles. The van der Waals surface area contributed by atoms with Gasteiger partial charge in [0.05, 0.1) is 17.8 Å². The summed E-state index contributed by atoms with van der Waals surface area (Å²) in [5, 5.41) is 5.11. The zero-order valence-electron chi connectivity index (χ0n) is 15.8. The van der Waals surface area contributed by atoms with Crippen molar-refractivity contribution in [2.24, 2.45) is 0 Å². The van der Waals surface area contributed by atoms with Crippen molar-refractivity contribution in [3.63, 3.8) is 0 Å². The number of aromatic nitrogens is 2. The lowest BCUT2D eigenvalue weighted by Gasteiger charge is -2.17. The summed E-state index contributed by atoms with van der Waals surface area (Å²) in [5.74, 6) is 0.00481. The fourth-order valence-electron chi connectivity index (χ4n) is 3.15. The fourth-order valence-corrected chi connectivity index (χ4v) is 4.88. The Morgan fingerprint density at radius 2 is 2.03 bits per heavy atom. The van der Waals surface area contributed by atoms with Crippen LogP contribution in [-0.2, 0) is 16.0 Å². The highest BCUT2D eigenvalue weighted by atomic mass is 32.1. The Bertz CT molecular complexity index is 1030. The van der Waals surface area contributed by atoms with Gasteiger partial charge in [-0.05, 0) is 6.42 Å². The average Bonchev–Trinajstić information content (AvgIpc) is 3.47. The van der Waals surface area contributed by atoms with E-state index in [1.807, 2.05) is 41.1 Å². The molecule has 1 aliphatic heterocycles. The quantitative estimate of drug-likeness (QED) is 0.534. The minimum atomic E-state index is -0.0940. The summed E-state index contributed by atoms with van der Waals surface area (Å²) in [6, 6.07) is 9.88. The van der Waals surface area contributed by atoms with Gasteiger partial charge in [-0.25, -0.2) is 9.97 Å². The van der Waals surface area contributed by atoms with Crippen molar-refractivity contribution in [1.29, 1.82) is 0 Å². The first kappa shape index (κ1) is 19.5. The van der Waals surface area contributed by atoms with Gasteiger partial charge in [0.1, 0.15) is 0 Å².